The molecule has 2 bridgehead atoms. The number of carbonyl (C=O) groups is 1. The second-order valence-corrected chi connectivity index (χ2v) is 9.02. The lowest BCUT2D eigenvalue weighted by Crippen LogP contribution is -2.51. The molecule has 0 radical (unpaired) electrons. The van der Waals surface area contributed by atoms with Crippen molar-refractivity contribution in [3.63, 3.8) is 0 Å². The van der Waals surface area contributed by atoms with Crippen molar-refractivity contribution in [2.24, 2.45) is 5.92 Å². The molecule has 1 aromatic rings. The summed E-state index contributed by atoms with van der Waals surface area (Å²) in [5.41, 5.74) is 0.790. The minimum absolute atomic E-state index is 0.141. The smallest absolute Gasteiger partial charge is 0.410 e. The fourth-order valence-electron chi connectivity index (χ4n) is 4.64. The van der Waals surface area contributed by atoms with Gasteiger partial charge in [-0.2, -0.15) is 5.10 Å². The van der Waals surface area contributed by atoms with Gasteiger partial charge >= 0.3 is 6.09 Å². The van der Waals surface area contributed by atoms with E-state index in [0.717, 1.165) is 38.5 Å². The third-order valence-electron chi connectivity index (χ3n) is 5.94. The summed E-state index contributed by atoms with van der Waals surface area (Å²) in [6.07, 6.45) is 7.31. The van der Waals surface area contributed by atoms with Crippen LogP contribution in [-0.4, -0.2) is 76.5 Å². The van der Waals surface area contributed by atoms with Gasteiger partial charge in [0.05, 0.1) is 11.9 Å². The standard InChI is InChI=1S/C19H31N5O2/c1-19(2,3)26-18(25)24-13-15-8-16(24)12-23(15)11-14-4-6-22(7-5-14)17-9-20-21-10-17/h9-10,14-16H,4-8,11-13H2,1-3H3,(H,20,21)/t15-,16-/m1/s1. The summed E-state index contributed by atoms with van der Waals surface area (Å²) in [5, 5.41) is 6.95. The van der Waals surface area contributed by atoms with Gasteiger partial charge in [-0.25, -0.2) is 4.79 Å². The number of carbonyl (C=O) groups excluding carboxylic acids is 1. The largest absolute Gasteiger partial charge is 0.444 e. The molecule has 7 nitrogen and oxygen atoms in total. The van der Waals surface area contributed by atoms with E-state index >= 15 is 0 Å². The first-order chi connectivity index (χ1) is 12.4. The fourth-order valence-corrected chi connectivity index (χ4v) is 4.64. The summed E-state index contributed by atoms with van der Waals surface area (Å²) in [4.78, 5) is 19.4. The Morgan fingerprint density at radius 1 is 1.27 bits per heavy atom. The second-order valence-electron chi connectivity index (χ2n) is 9.02. The number of hydrogen-bond acceptors (Lipinski definition) is 5. The molecule has 3 aliphatic heterocycles. The SMILES string of the molecule is CC(C)(C)OC(=O)N1C[C@H]2C[C@@H]1CN2CC1CCN(c2cn[nH]c2)CC1. The number of aromatic nitrogens is 2. The lowest BCUT2D eigenvalue weighted by atomic mass is 9.95. The Morgan fingerprint density at radius 3 is 2.62 bits per heavy atom. The molecule has 26 heavy (non-hydrogen) atoms. The van der Waals surface area contributed by atoms with Gasteiger partial charge in [0, 0.05) is 51.0 Å². The lowest BCUT2D eigenvalue weighted by Gasteiger charge is -2.39. The van der Waals surface area contributed by atoms with Gasteiger partial charge in [0.25, 0.3) is 0 Å². The average Bonchev–Trinajstić information content (AvgIpc) is 3.31. The number of piperazine rings is 1. The van der Waals surface area contributed by atoms with Gasteiger partial charge in [0.15, 0.2) is 0 Å². The van der Waals surface area contributed by atoms with Crippen molar-refractivity contribution in [1.29, 1.82) is 0 Å². The van der Waals surface area contributed by atoms with Crippen molar-refractivity contribution in [2.45, 2.75) is 57.7 Å². The highest BCUT2D eigenvalue weighted by molar-refractivity contribution is 5.69. The van der Waals surface area contributed by atoms with E-state index < -0.39 is 5.60 Å². The van der Waals surface area contributed by atoms with Crippen LogP contribution in [0.5, 0.6) is 0 Å². The lowest BCUT2D eigenvalue weighted by molar-refractivity contribution is 0.0116. The van der Waals surface area contributed by atoms with E-state index in [9.17, 15) is 4.79 Å². The van der Waals surface area contributed by atoms with E-state index in [4.69, 9.17) is 4.74 Å². The van der Waals surface area contributed by atoms with E-state index in [1.54, 1.807) is 0 Å². The number of piperidine rings is 1. The first-order valence-electron chi connectivity index (χ1n) is 9.86. The van der Waals surface area contributed by atoms with E-state index in [1.165, 1.54) is 25.1 Å². The van der Waals surface area contributed by atoms with Crippen molar-refractivity contribution in [1.82, 2.24) is 20.0 Å². The van der Waals surface area contributed by atoms with Gasteiger partial charge in [-0.3, -0.25) is 10.00 Å². The van der Waals surface area contributed by atoms with Gasteiger partial charge in [-0.15, -0.1) is 0 Å². The first-order valence-corrected chi connectivity index (χ1v) is 9.86. The molecule has 1 aromatic heterocycles. The average molecular weight is 361 g/mol. The number of ether oxygens (including phenoxy) is 1. The second kappa shape index (κ2) is 6.76. The summed E-state index contributed by atoms with van der Waals surface area (Å²) >= 11 is 0. The number of anilines is 1. The van der Waals surface area contributed by atoms with Crippen LogP contribution < -0.4 is 4.90 Å². The maximum atomic E-state index is 12.4. The Labute approximate surface area is 155 Å². The van der Waals surface area contributed by atoms with E-state index in [-0.39, 0.29) is 6.09 Å². The molecule has 3 aliphatic rings. The molecule has 4 rings (SSSR count). The molecule has 7 heteroatoms. The normalized spacial score (nSPS) is 27.3. The number of fused-ring (bicyclic) bond motifs is 2. The molecular formula is C19H31N5O2. The van der Waals surface area contributed by atoms with Gasteiger partial charge in [0.2, 0.25) is 0 Å². The quantitative estimate of drug-likeness (QED) is 0.895. The Kier molecular flexibility index (Phi) is 4.59. The van der Waals surface area contributed by atoms with Crippen molar-refractivity contribution in [3.05, 3.63) is 12.4 Å². The summed E-state index contributed by atoms with van der Waals surface area (Å²) in [6, 6.07) is 0.847. The maximum absolute atomic E-state index is 12.4. The van der Waals surface area contributed by atoms with Crippen LogP contribution in [-0.2, 0) is 4.74 Å². The molecule has 0 spiro atoms. The van der Waals surface area contributed by atoms with Crippen LogP contribution in [0.3, 0.4) is 0 Å². The zero-order valence-electron chi connectivity index (χ0n) is 16.1. The van der Waals surface area contributed by atoms with Crippen molar-refractivity contribution in [3.8, 4) is 0 Å². The van der Waals surface area contributed by atoms with E-state index in [0.29, 0.717) is 12.1 Å². The van der Waals surface area contributed by atoms with Crippen molar-refractivity contribution in [2.75, 3.05) is 37.6 Å². The number of nitrogens with zero attached hydrogens (tertiary/aromatic N) is 4. The highest BCUT2D eigenvalue weighted by Crippen LogP contribution is 2.34. The topological polar surface area (TPSA) is 64.7 Å². The molecule has 0 aliphatic carbocycles. The number of aromatic amines is 1. The van der Waals surface area contributed by atoms with Gasteiger partial charge in [-0.05, 0) is 46.0 Å². The number of likely N-dealkylation sites (tertiary alicyclic amines) is 2. The molecule has 3 fully saturated rings. The minimum atomic E-state index is -0.415. The molecule has 0 aromatic carbocycles. The Balaban J connectivity index is 1.24. The summed E-state index contributed by atoms with van der Waals surface area (Å²) in [7, 11) is 0. The number of nitrogens with one attached hydrogen (secondary N) is 1. The molecule has 1 N–H and O–H groups in total. The zero-order chi connectivity index (χ0) is 18.3. The summed E-state index contributed by atoms with van der Waals surface area (Å²) in [5.74, 6) is 0.757. The number of amides is 1. The Hall–Kier alpha value is -1.76. The maximum Gasteiger partial charge on any atom is 0.410 e. The molecule has 2 atom stereocenters. The highest BCUT2D eigenvalue weighted by Gasteiger charge is 2.46. The number of rotatable bonds is 3. The van der Waals surface area contributed by atoms with Crippen LogP contribution in [0, 0.1) is 5.92 Å². The van der Waals surface area contributed by atoms with Crippen LogP contribution >= 0.6 is 0 Å². The molecule has 4 heterocycles. The first kappa shape index (κ1) is 17.6. The third-order valence-corrected chi connectivity index (χ3v) is 5.94. The van der Waals surface area contributed by atoms with E-state index in [2.05, 4.69) is 20.0 Å². The molecule has 0 saturated carbocycles. The minimum Gasteiger partial charge on any atom is -0.444 e. The number of H-pyrrole nitrogens is 1. The van der Waals surface area contributed by atoms with Crippen LogP contribution in [0.4, 0.5) is 10.5 Å². The predicted molar refractivity (Wildman–Crippen MR) is 100 cm³/mol. The monoisotopic (exact) mass is 361 g/mol. The van der Waals surface area contributed by atoms with Crippen molar-refractivity contribution < 1.29 is 9.53 Å². The number of hydrogen-bond donors (Lipinski definition) is 1. The van der Waals surface area contributed by atoms with Crippen molar-refractivity contribution >= 4 is 11.8 Å². The summed E-state index contributed by atoms with van der Waals surface area (Å²) < 4.78 is 5.56. The molecule has 0 unspecified atom stereocenters. The van der Waals surface area contributed by atoms with Gasteiger partial charge in [-0.1, -0.05) is 0 Å². The third kappa shape index (κ3) is 3.68. The molecule has 3 saturated heterocycles. The molecule has 1 amide bonds. The molecular weight excluding hydrogens is 330 g/mol. The van der Waals surface area contributed by atoms with Gasteiger partial charge in [0.1, 0.15) is 5.60 Å². The summed E-state index contributed by atoms with van der Waals surface area (Å²) in [6.45, 7) is 11.0. The molecule has 144 valence electrons. The van der Waals surface area contributed by atoms with Crippen LogP contribution in [0.2, 0.25) is 0 Å². The Bertz CT molecular complexity index is 618. The van der Waals surface area contributed by atoms with Gasteiger partial charge < -0.3 is 14.5 Å². The highest BCUT2D eigenvalue weighted by atomic mass is 16.6. The zero-order valence-corrected chi connectivity index (χ0v) is 16.1. The predicted octanol–water partition coefficient (Wildman–Crippen LogP) is 2.32. The van der Waals surface area contributed by atoms with Crippen LogP contribution in [0.15, 0.2) is 12.4 Å². The fraction of sp³-hybridized carbons (Fsp3) is 0.789. The van der Waals surface area contributed by atoms with E-state index in [1.807, 2.05) is 38.1 Å². The Morgan fingerprint density at radius 2 is 2.04 bits per heavy atom. The van der Waals surface area contributed by atoms with Crippen LogP contribution in [0.1, 0.15) is 40.0 Å². The van der Waals surface area contributed by atoms with Crippen LogP contribution in [0.25, 0.3) is 0 Å².